The van der Waals surface area contributed by atoms with Gasteiger partial charge in [0.25, 0.3) is 0 Å². The highest BCUT2D eigenvalue weighted by atomic mass is 15.4. The Bertz CT molecular complexity index is 299. The van der Waals surface area contributed by atoms with Gasteiger partial charge < -0.3 is 4.90 Å². The quantitative estimate of drug-likeness (QED) is 0.544. The molecule has 2 rings (SSSR count). The van der Waals surface area contributed by atoms with Crippen molar-refractivity contribution in [2.24, 2.45) is 0 Å². The molecule has 4 heteroatoms. The van der Waals surface area contributed by atoms with E-state index >= 15 is 0 Å². The van der Waals surface area contributed by atoms with E-state index < -0.39 is 0 Å². The number of nitrogens with zero attached hydrogens (tertiary/aromatic N) is 4. The number of rotatable bonds is 0. The summed E-state index contributed by atoms with van der Waals surface area (Å²) in [4.78, 5) is 6.08. The van der Waals surface area contributed by atoms with Gasteiger partial charge in [-0.15, -0.1) is 0 Å². The summed E-state index contributed by atoms with van der Waals surface area (Å²) in [5.41, 5.74) is 1.30. The second-order valence-electron chi connectivity index (χ2n) is 2.80. The van der Waals surface area contributed by atoms with E-state index in [1.807, 2.05) is 16.6 Å². The Labute approximate surface area is 65.1 Å². The number of fused-ring (bicyclic) bond motifs is 1. The van der Waals surface area contributed by atoms with Gasteiger partial charge in [-0.25, -0.2) is 4.68 Å². The SMILES string of the molecule is CC1=CN(C)c2ncnn2C1. The molecule has 0 bridgehead atoms. The first kappa shape index (κ1) is 6.39. The minimum atomic E-state index is 0.861. The molecule has 11 heavy (non-hydrogen) atoms. The first-order chi connectivity index (χ1) is 5.27. The molecule has 0 fully saturated rings. The molecule has 0 radical (unpaired) electrons. The van der Waals surface area contributed by atoms with Crippen molar-refractivity contribution in [3.05, 3.63) is 18.1 Å². The monoisotopic (exact) mass is 150 g/mol. The summed E-state index contributed by atoms with van der Waals surface area (Å²) in [7, 11) is 1.98. The van der Waals surface area contributed by atoms with Crippen LogP contribution in [0.2, 0.25) is 0 Å². The van der Waals surface area contributed by atoms with Crippen molar-refractivity contribution in [3.8, 4) is 0 Å². The van der Waals surface area contributed by atoms with Crippen LogP contribution in [-0.4, -0.2) is 21.8 Å². The van der Waals surface area contributed by atoms with Gasteiger partial charge in [-0.1, -0.05) is 0 Å². The summed E-state index contributed by atoms with van der Waals surface area (Å²) in [6.07, 6.45) is 3.66. The van der Waals surface area contributed by atoms with Gasteiger partial charge >= 0.3 is 0 Å². The maximum atomic E-state index is 4.11. The van der Waals surface area contributed by atoms with Gasteiger partial charge in [0, 0.05) is 13.2 Å². The molecule has 0 aromatic carbocycles. The molecule has 0 saturated heterocycles. The molecule has 0 N–H and O–H groups in total. The molecule has 1 aliphatic rings. The smallest absolute Gasteiger partial charge is 0.227 e. The van der Waals surface area contributed by atoms with Gasteiger partial charge in [-0.05, 0) is 12.5 Å². The average molecular weight is 150 g/mol. The summed E-state index contributed by atoms with van der Waals surface area (Å²) >= 11 is 0. The number of allylic oxidation sites excluding steroid dienone is 1. The van der Waals surface area contributed by atoms with Crippen molar-refractivity contribution in [1.82, 2.24) is 14.8 Å². The Kier molecular flexibility index (Phi) is 1.21. The highest BCUT2D eigenvalue weighted by Gasteiger charge is 2.12. The summed E-state index contributed by atoms with van der Waals surface area (Å²) < 4.78 is 1.88. The first-order valence-corrected chi connectivity index (χ1v) is 3.55. The third-order valence-electron chi connectivity index (χ3n) is 1.72. The van der Waals surface area contributed by atoms with Crippen molar-refractivity contribution >= 4 is 5.95 Å². The van der Waals surface area contributed by atoms with Crippen LogP contribution in [0, 0.1) is 0 Å². The van der Waals surface area contributed by atoms with Gasteiger partial charge in [0.05, 0.1) is 6.54 Å². The topological polar surface area (TPSA) is 34.0 Å². The van der Waals surface area contributed by atoms with Gasteiger partial charge in [-0.3, -0.25) is 0 Å². The lowest BCUT2D eigenvalue weighted by atomic mass is 10.3. The second-order valence-corrected chi connectivity index (χ2v) is 2.80. The Hall–Kier alpha value is -1.32. The van der Waals surface area contributed by atoms with Crippen LogP contribution in [0.15, 0.2) is 18.1 Å². The van der Waals surface area contributed by atoms with E-state index in [9.17, 15) is 0 Å². The minimum absolute atomic E-state index is 0.861. The van der Waals surface area contributed by atoms with E-state index in [0.717, 1.165) is 12.5 Å². The van der Waals surface area contributed by atoms with Crippen LogP contribution < -0.4 is 4.90 Å². The standard InChI is InChI=1S/C7H10N4/c1-6-3-10(2)7-8-5-9-11(7)4-6/h3,5H,4H2,1-2H3. The zero-order valence-corrected chi connectivity index (χ0v) is 6.65. The predicted molar refractivity (Wildman–Crippen MR) is 42.2 cm³/mol. The summed E-state index contributed by atoms with van der Waals surface area (Å²) in [6.45, 7) is 2.95. The van der Waals surface area contributed by atoms with Crippen LogP contribution in [0.1, 0.15) is 6.92 Å². The Balaban J connectivity index is 2.45. The van der Waals surface area contributed by atoms with Gasteiger partial charge in [0.1, 0.15) is 6.33 Å². The minimum Gasteiger partial charge on any atom is -0.320 e. The lowest BCUT2D eigenvalue weighted by molar-refractivity contribution is 0.652. The van der Waals surface area contributed by atoms with E-state index in [0.29, 0.717) is 0 Å². The maximum Gasteiger partial charge on any atom is 0.227 e. The van der Waals surface area contributed by atoms with Crippen LogP contribution in [0.25, 0.3) is 0 Å². The van der Waals surface area contributed by atoms with Crippen molar-refractivity contribution in [3.63, 3.8) is 0 Å². The first-order valence-electron chi connectivity index (χ1n) is 3.55. The van der Waals surface area contributed by atoms with Gasteiger partial charge in [-0.2, -0.15) is 10.1 Å². The molecule has 0 saturated carbocycles. The third kappa shape index (κ3) is 0.906. The molecule has 0 unspecified atom stereocenters. The molecular formula is C7H10N4. The van der Waals surface area contributed by atoms with Crippen LogP contribution in [0.3, 0.4) is 0 Å². The normalized spacial score (nSPS) is 16.2. The molecule has 0 aliphatic carbocycles. The largest absolute Gasteiger partial charge is 0.320 e. The molecule has 1 aromatic heterocycles. The number of hydrogen-bond donors (Lipinski definition) is 0. The maximum absolute atomic E-state index is 4.11. The predicted octanol–water partition coefficient (Wildman–Crippen LogP) is 0.632. The highest BCUT2D eigenvalue weighted by Crippen LogP contribution is 2.16. The number of anilines is 1. The molecule has 1 aliphatic heterocycles. The zero-order chi connectivity index (χ0) is 7.84. The van der Waals surface area contributed by atoms with Crippen LogP contribution in [0.4, 0.5) is 5.95 Å². The fourth-order valence-corrected chi connectivity index (χ4v) is 1.31. The Morgan fingerprint density at radius 3 is 3.18 bits per heavy atom. The third-order valence-corrected chi connectivity index (χ3v) is 1.72. The highest BCUT2D eigenvalue weighted by molar-refractivity contribution is 5.37. The molecule has 0 spiro atoms. The number of aromatic nitrogens is 3. The van der Waals surface area contributed by atoms with Crippen molar-refractivity contribution < 1.29 is 0 Å². The second kappa shape index (κ2) is 2.08. The average Bonchev–Trinajstić information content (AvgIpc) is 2.34. The lowest BCUT2D eigenvalue weighted by Crippen LogP contribution is -2.21. The molecule has 0 amide bonds. The Morgan fingerprint density at radius 1 is 1.55 bits per heavy atom. The van der Waals surface area contributed by atoms with E-state index in [1.165, 1.54) is 5.57 Å². The van der Waals surface area contributed by atoms with Crippen LogP contribution in [0.5, 0.6) is 0 Å². The van der Waals surface area contributed by atoms with Crippen molar-refractivity contribution in [2.45, 2.75) is 13.5 Å². The van der Waals surface area contributed by atoms with E-state index in [1.54, 1.807) is 6.33 Å². The summed E-state index contributed by atoms with van der Waals surface area (Å²) in [5.74, 6) is 0.913. The zero-order valence-electron chi connectivity index (χ0n) is 6.65. The van der Waals surface area contributed by atoms with Gasteiger partial charge in [0.15, 0.2) is 0 Å². The summed E-state index contributed by atoms with van der Waals surface area (Å²) in [5, 5.41) is 4.08. The van der Waals surface area contributed by atoms with Crippen molar-refractivity contribution in [2.75, 3.05) is 11.9 Å². The summed E-state index contributed by atoms with van der Waals surface area (Å²) in [6, 6.07) is 0. The lowest BCUT2D eigenvalue weighted by Gasteiger charge is -2.20. The molecule has 1 aromatic rings. The molecular weight excluding hydrogens is 140 g/mol. The van der Waals surface area contributed by atoms with E-state index in [-0.39, 0.29) is 0 Å². The number of hydrogen-bond acceptors (Lipinski definition) is 3. The van der Waals surface area contributed by atoms with Crippen molar-refractivity contribution in [1.29, 1.82) is 0 Å². The fourth-order valence-electron chi connectivity index (χ4n) is 1.31. The van der Waals surface area contributed by atoms with Gasteiger partial charge in [0.2, 0.25) is 5.95 Å². The van der Waals surface area contributed by atoms with E-state index in [4.69, 9.17) is 0 Å². The Morgan fingerprint density at radius 2 is 2.36 bits per heavy atom. The molecule has 4 nitrogen and oxygen atoms in total. The molecule has 58 valence electrons. The molecule has 0 atom stereocenters. The molecule has 2 heterocycles. The van der Waals surface area contributed by atoms with E-state index in [2.05, 4.69) is 23.2 Å². The van der Waals surface area contributed by atoms with Crippen LogP contribution in [-0.2, 0) is 6.54 Å². The van der Waals surface area contributed by atoms with Crippen LogP contribution >= 0.6 is 0 Å². The fraction of sp³-hybridized carbons (Fsp3) is 0.429.